The third kappa shape index (κ3) is 3.19. The maximum Gasteiger partial charge on any atom is 0.227 e. The number of likely N-dealkylation sites (N-methyl/N-ethyl adjacent to an activating group) is 1. The number of hydrogen-bond acceptors (Lipinski definition) is 3. The van der Waals surface area contributed by atoms with E-state index >= 15 is 0 Å². The van der Waals surface area contributed by atoms with E-state index in [9.17, 15) is 4.79 Å². The molecule has 0 aliphatic carbocycles. The van der Waals surface area contributed by atoms with E-state index < -0.39 is 11.0 Å². The first kappa shape index (κ1) is 14.5. The van der Waals surface area contributed by atoms with Crippen molar-refractivity contribution < 1.29 is 4.79 Å². The Morgan fingerprint density at radius 1 is 1.41 bits per heavy atom. The maximum atomic E-state index is 12.2. The summed E-state index contributed by atoms with van der Waals surface area (Å²) in [4.78, 5) is 14.5. The number of carbonyl (C=O) groups excluding carboxylic acids is 1. The lowest BCUT2D eigenvalue weighted by molar-refractivity contribution is -0.132. The Balaban J connectivity index is 2.49. The lowest BCUT2D eigenvalue weighted by atomic mass is 9.74. The standard InChI is InChI=1S/C13H27N3O/c1-12(2,13(3,4)14)11(17)15-9-10-7-6-8-16(10)5/h10H,6-9,14H2,1-5H3,(H,15,17). The summed E-state index contributed by atoms with van der Waals surface area (Å²) < 4.78 is 0. The van der Waals surface area contributed by atoms with E-state index in [1.165, 1.54) is 12.8 Å². The van der Waals surface area contributed by atoms with Gasteiger partial charge in [-0.1, -0.05) is 0 Å². The van der Waals surface area contributed by atoms with E-state index in [0.717, 1.165) is 13.1 Å². The SMILES string of the molecule is CN1CCCC1CNC(=O)C(C)(C)C(C)(C)N. The lowest BCUT2D eigenvalue weighted by Gasteiger charge is -2.37. The predicted octanol–water partition coefficient (Wildman–Crippen LogP) is 0.960. The summed E-state index contributed by atoms with van der Waals surface area (Å²) in [5.41, 5.74) is 4.99. The zero-order valence-electron chi connectivity index (χ0n) is 11.8. The molecular weight excluding hydrogens is 214 g/mol. The monoisotopic (exact) mass is 241 g/mol. The molecule has 1 saturated heterocycles. The molecule has 0 saturated carbocycles. The van der Waals surface area contributed by atoms with Crippen LogP contribution in [0.3, 0.4) is 0 Å². The molecule has 1 rings (SSSR count). The second-order valence-corrected chi connectivity index (χ2v) is 6.33. The number of hydrogen-bond donors (Lipinski definition) is 2. The number of carbonyl (C=O) groups is 1. The second kappa shape index (κ2) is 4.94. The molecule has 1 aliphatic heterocycles. The summed E-state index contributed by atoms with van der Waals surface area (Å²) in [6.07, 6.45) is 2.39. The first-order valence-electron chi connectivity index (χ1n) is 6.43. The largest absolute Gasteiger partial charge is 0.354 e. The molecule has 1 atom stereocenters. The molecule has 1 heterocycles. The smallest absolute Gasteiger partial charge is 0.227 e. The van der Waals surface area contributed by atoms with Gasteiger partial charge >= 0.3 is 0 Å². The number of nitrogens with two attached hydrogens (primary N) is 1. The minimum absolute atomic E-state index is 0.0466. The first-order valence-corrected chi connectivity index (χ1v) is 6.43. The molecule has 1 aliphatic rings. The molecule has 1 unspecified atom stereocenters. The van der Waals surface area contributed by atoms with E-state index in [1.807, 2.05) is 27.7 Å². The van der Waals surface area contributed by atoms with Gasteiger partial charge < -0.3 is 16.0 Å². The molecule has 0 aromatic rings. The van der Waals surface area contributed by atoms with E-state index in [-0.39, 0.29) is 5.91 Å². The Morgan fingerprint density at radius 2 is 2.00 bits per heavy atom. The van der Waals surface area contributed by atoms with Crippen molar-refractivity contribution in [3.05, 3.63) is 0 Å². The van der Waals surface area contributed by atoms with Crippen LogP contribution in [0.4, 0.5) is 0 Å². The van der Waals surface area contributed by atoms with Gasteiger partial charge in [0, 0.05) is 18.1 Å². The van der Waals surface area contributed by atoms with Gasteiger partial charge in [-0.25, -0.2) is 0 Å². The molecule has 0 radical (unpaired) electrons. The highest BCUT2D eigenvalue weighted by Gasteiger charge is 2.40. The minimum atomic E-state index is -0.551. The minimum Gasteiger partial charge on any atom is -0.354 e. The van der Waals surface area contributed by atoms with Gasteiger partial charge in [-0.3, -0.25) is 4.79 Å². The summed E-state index contributed by atoms with van der Waals surface area (Å²) in [5, 5.41) is 3.04. The van der Waals surface area contributed by atoms with Crippen LogP contribution in [0.2, 0.25) is 0 Å². The van der Waals surface area contributed by atoms with E-state index in [4.69, 9.17) is 5.73 Å². The number of amides is 1. The Morgan fingerprint density at radius 3 is 2.41 bits per heavy atom. The van der Waals surface area contributed by atoms with Crippen LogP contribution in [0.15, 0.2) is 0 Å². The third-order valence-electron chi connectivity index (χ3n) is 4.35. The zero-order chi connectivity index (χ0) is 13.3. The third-order valence-corrected chi connectivity index (χ3v) is 4.35. The molecule has 1 amide bonds. The summed E-state index contributed by atoms with van der Waals surface area (Å²) in [5.74, 6) is 0.0466. The number of rotatable bonds is 4. The van der Waals surface area contributed by atoms with Crippen molar-refractivity contribution in [2.24, 2.45) is 11.1 Å². The van der Waals surface area contributed by atoms with Gasteiger partial charge in [0.2, 0.25) is 5.91 Å². The fourth-order valence-electron chi connectivity index (χ4n) is 1.96. The van der Waals surface area contributed by atoms with Gasteiger partial charge in [0.25, 0.3) is 0 Å². The Bertz CT molecular complexity index is 281. The Hall–Kier alpha value is -0.610. The average molecular weight is 241 g/mol. The molecule has 0 aromatic heterocycles. The molecular formula is C13H27N3O. The quantitative estimate of drug-likeness (QED) is 0.771. The number of likely N-dealkylation sites (tertiary alicyclic amines) is 1. The van der Waals surface area contributed by atoms with Crippen molar-refractivity contribution in [2.75, 3.05) is 20.1 Å². The van der Waals surface area contributed by atoms with Gasteiger partial charge in [0.1, 0.15) is 0 Å². The van der Waals surface area contributed by atoms with Gasteiger partial charge in [-0.2, -0.15) is 0 Å². The van der Waals surface area contributed by atoms with Crippen LogP contribution < -0.4 is 11.1 Å². The van der Waals surface area contributed by atoms with Crippen LogP contribution in [-0.2, 0) is 4.79 Å². The van der Waals surface area contributed by atoms with Crippen LogP contribution in [0.25, 0.3) is 0 Å². The maximum absolute atomic E-state index is 12.2. The summed E-state index contributed by atoms with van der Waals surface area (Å²) in [6.45, 7) is 9.46. The highest BCUT2D eigenvalue weighted by molar-refractivity contribution is 5.83. The fourth-order valence-corrected chi connectivity index (χ4v) is 1.96. The van der Waals surface area contributed by atoms with E-state index in [2.05, 4.69) is 17.3 Å². The number of nitrogens with one attached hydrogen (secondary N) is 1. The first-order chi connectivity index (χ1) is 7.66. The van der Waals surface area contributed by atoms with Crippen molar-refractivity contribution in [1.29, 1.82) is 0 Å². The molecule has 0 aromatic carbocycles. The van der Waals surface area contributed by atoms with Crippen molar-refractivity contribution in [3.8, 4) is 0 Å². The second-order valence-electron chi connectivity index (χ2n) is 6.33. The molecule has 0 bridgehead atoms. The van der Waals surface area contributed by atoms with Crippen LogP contribution in [0.5, 0.6) is 0 Å². The zero-order valence-corrected chi connectivity index (χ0v) is 11.8. The average Bonchev–Trinajstić information content (AvgIpc) is 2.58. The van der Waals surface area contributed by atoms with Gasteiger partial charge in [0.15, 0.2) is 0 Å². The normalized spacial score (nSPS) is 22.8. The highest BCUT2D eigenvalue weighted by atomic mass is 16.2. The van der Waals surface area contributed by atoms with Crippen LogP contribution in [0.1, 0.15) is 40.5 Å². The van der Waals surface area contributed by atoms with Crippen molar-refractivity contribution >= 4 is 5.91 Å². The molecule has 17 heavy (non-hydrogen) atoms. The van der Waals surface area contributed by atoms with E-state index in [0.29, 0.717) is 6.04 Å². The van der Waals surface area contributed by atoms with Gasteiger partial charge in [-0.05, 0) is 54.1 Å². The highest BCUT2D eigenvalue weighted by Crippen LogP contribution is 2.28. The molecule has 4 heteroatoms. The molecule has 4 nitrogen and oxygen atoms in total. The fraction of sp³-hybridized carbons (Fsp3) is 0.923. The Kier molecular flexibility index (Phi) is 4.20. The summed E-state index contributed by atoms with van der Waals surface area (Å²) in [7, 11) is 2.11. The Labute approximate surface area is 105 Å². The van der Waals surface area contributed by atoms with Crippen molar-refractivity contribution in [3.63, 3.8) is 0 Å². The molecule has 3 N–H and O–H groups in total. The van der Waals surface area contributed by atoms with Crippen LogP contribution in [0, 0.1) is 5.41 Å². The van der Waals surface area contributed by atoms with Crippen molar-refractivity contribution in [2.45, 2.75) is 52.1 Å². The van der Waals surface area contributed by atoms with E-state index in [1.54, 1.807) is 0 Å². The lowest BCUT2D eigenvalue weighted by Crippen LogP contribution is -2.56. The topological polar surface area (TPSA) is 58.4 Å². The molecule has 0 spiro atoms. The predicted molar refractivity (Wildman–Crippen MR) is 70.7 cm³/mol. The molecule has 100 valence electrons. The number of nitrogens with zero attached hydrogens (tertiary/aromatic N) is 1. The summed E-state index contributed by atoms with van der Waals surface area (Å²) >= 11 is 0. The summed E-state index contributed by atoms with van der Waals surface area (Å²) in [6, 6.07) is 0.482. The van der Waals surface area contributed by atoms with Crippen LogP contribution in [-0.4, -0.2) is 42.5 Å². The van der Waals surface area contributed by atoms with Gasteiger partial charge in [-0.15, -0.1) is 0 Å². The van der Waals surface area contributed by atoms with Gasteiger partial charge in [0.05, 0.1) is 5.41 Å². The van der Waals surface area contributed by atoms with Crippen molar-refractivity contribution in [1.82, 2.24) is 10.2 Å². The molecule has 1 fully saturated rings. The van der Waals surface area contributed by atoms with Crippen LogP contribution >= 0.6 is 0 Å².